The molecule has 0 aliphatic heterocycles. The lowest BCUT2D eigenvalue weighted by Gasteiger charge is -2.36. The van der Waals surface area contributed by atoms with E-state index in [1.807, 2.05) is 0 Å². The van der Waals surface area contributed by atoms with Gasteiger partial charge in [0, 0.05) is 6.42 Å². The molecule has 0 spiro atoms. The molecule has 1 unspecified atom stereocenters. The van der Waals surface area contributed by atoms with Crippen LogP contribution in [0.4, 0.5) is 0 Å². The van der Waals surface area contributed by atoms with E-state index < -0.39 is 0 Å². The van der Waals surface area contributed by atoms with Gasteiger partial charge in [0.2, 0.25) is 0 Å². The molecule has 0 aromatic heterocycles. The molecular weight excluding hydrogens is 268 g/mol. The predicted octanol–water partition coefficient (Wildman–Crippen LogP) is 7.25. The first-order valence-electron chi connectivity index (χ1n) is 9.71. The molecule has 1 heteroatoms. The number of unbranched alkanes of at least 4 members (excludes halogenated alkanes) is 2. The Bertz CT molecular complexity index is 340. The van der Waals surface area contributed by atoms with Crippen molar-refractivity contribution in [3.63, 3.8) is 0 Å². The summed E-state index contributed by atoms with van der Waals surface area (Å²) in [6.07, 6.45) is 12.6. The van der Waals surface area contributed by atoms with Crippen molar-refractivity contribution in [1.82, 2.24) is 0 Å². The minimum absolute atomic E-state index is 0.243. The SMILES string of the molecule is CCC.CCCCC1=C(CCC)C(=O)CC(C)(CCCC)C1. The van der Waals surface area contributed by atoms with E-state index >= 15 is 0 Å². The summed E-state index contributed by atoms with van der Waals surface area (Å²) in [5.41, 5.74) is 2.94. The van der Waals surface area contributed by atoms with E-state index in [1.165, 1.54) is 56.1 Å². The second-order valence-corrected chi connectivity index (χ2v) is 7.33. The third kappa shape index (κ3) is 7.61. The average molecular weight is 309 g/mol. The van der Waals surface area contributed by atoms with Crippen LogP contribution in [-0.2, 0) is 4.79 Å². The molecule has 22 heavy (non-hydrogen) atoms. The van der Waals surface area contributed by atoms with Gasteiger partial charge in [0.25, 0.3) is 0 Å². The Hall–Kier alpha value is -0.590. The van der Waals surface area contributed by atoms with Gasteiger partial charge in [0.05, 0.1) is 0 Å². The van der Waals surface area contributed by atoms with E-state index in [-0.39, 0.29) is 5.41 Å². The summed E-state index contributed by atoms with van der Waals surface area (Å²) in [6, 6.07) is 0. The highest BCUT2D eigenvalue weighted by Gasteiger charge is 2.34. The molecular formula is C21H40O. The van der Waals surface area contributed by atoms with Crippen LogP contribution < -0.4 is 0 Å². The summed E-state index contributed by atoms with van der Waals surface area (Å²) in [5, 5.41) is 0. The van der Waals surface area contributed by atoms with Crippen LogP contribution in [0.25, 0.3) is 0 Å². The van der Waals surface area contributed by atoms with Gasteiger partial charge in [-0.1, -0.05) is 79.2 Å². The fraction of sp³-hybridized carbons (Fsp3) is 0.857. The van der Waals surface area contributed by atoms with E-state index in [0.29, 0.717) is 5.78 Å². The van der Waals surface area contributed by atoms with Crippen LogP contribution in [0.5, 0.6) is 0 Å². The van der Waals surface area contributed by atoms with Gasteiger partial charge >= 0.3 is 0 Å². The van der Waals surface area contributed by atoms with Crippen molar-refractivity contribution in [2.24, 2.45) is 5.41 Å². The second kappa shape index (κ2) is 11.9. The van der Waals surface area contributed by atoms with Crippen molar-refractivity contribution < 1.29 is 4.79 Å². The molecule has 1 rings (SSSR count). The number of carbonyl (C=O) groups excluding carboxylic acids is 1. The zero-order valence-electron chi connectivity index (χ0n) is 16.2. The average Bonchev–Trinajstić information content (AvgIpc) is 2.47. The van der Waals surface area contributed by atoms with Crippen LogP contribution in [0, 0.1) is 5.41 Å². The van der Waals surface area contributed by atoms with Gasteiger partial charge in [-0.3, -0.25) is 4.79 Å². The van der Waals surface area contributed by atoms with Crippen molar-refractivity contribution in [1.29, 1.82) is 0 Å². The van der Waals surface area contributed by atoms with Crippen LogP contribution in [-0.4, -0.2) is 5.78 Å². The Morgan fingerprint density at radius 3 is 1.95 bits per heavy atom. The lowest BCUT2D eigenvalue weighted by atomic mass is 9.68. The van der Waals surface area contributed by atoms with Gasteiger partial charge < -0.3 is 0 Å². The molecule has 0 fully saturated rings. The van der Waals surface area contributed by atoms with E-state index in [4.69, 9.17) is 0 Å². The van der Waals surface area contributed by atoms with Crippen molar-refractivity contribution in [2.45, 2.75) is 112 Å². The van der Waals surface area contributed by atoms with Crippen molar-refractivity contribution in [3.8, 4) is 0 Å². The highest BCUT2D eigenvalue weighted by atomic mass is 16.1. The summed E-state index contributed by atoms with van der Waals surface area (Å²) >= 11 is 0. The van der Waals surface area contributed by atoms with Gasteiger partial charge in [-0.05, 0) is 43.1 Å². The maximum absolute atomic E-state index is 12.5. The van der Waals surface area contributed by atoms with Gasteiger partial charge in [0.15, 0.2) is 5.78 Å². The highest BCUT2D eigenvalue weighted by Crippen LogP contribution is 2.43. The van der Waals surface area contributed by atoms with Crippen molar-refractivity contribution >= 4 is 5.78 Å². The van der Waals surface area contributed by atoms with Crippen LogP contribution in [0.15, 0.2) is 11.1 Å². The minimum atomic E-state index is 0.243. The summed E-state index contributed by atoms with van der Waals surface area (Å²) < 4.78 is 0. The second-order valence-electron chi connectivity index (χ2n) is 7.33. The number of rotatable bonds is 8. The first-order chi connectivity index (χ1) is 10.5. The summed E-state index contributed by atoms with van der Waals surface area (Å²) in [7, 11) is 0. The van der Waals surface area contributed by atoms with Crippen LogP contribution in [0.3, 0.4) is 0 Å². The van der Waals surface area contributed by atoms with E-state index in [9.17, 15) is 4.79 Å². The molecule has 1 atom stereocenters. The standard InChI is InChI=1S/C18H32O.C3H8/c1-5-8-11-15-13-18(4,12-9-6-2)14-17(19)16(15)10-7-3;1-3-2/h5-14H2,1-4H3;3H2,1-2H3. The zero-order valence-corrected chi connectivity index (χ0v) is 16.2. The molecule has 1 aliphatic rings. The Morgan fingerprint density at radius 2 is 1.45 bits per heavy atom. The number of ketones is 1. The lowest BCUT2D eigenvalue weighted by molar-refractivity contribution is -0.118. The number of carbonyl (C=O) groups is 1. The molecule has 0 amide bonds. The Kier molecular flexibility index (Phi) is 11.6. The van der Waals surface area contributed by atoms with Crippen LogP contribution >= 0.6 is 0 Å². The molecule has 0 heterocycles. The molecule has 0 saturated heterocycles. The third-order valence-corrected chi connectivity index (χ3v) is 4.46. The number of Topliss-reactive ketones (excluding diaryl/α,β-unsaturated/α-hetero) is 1. The Morgan fingerprint density at radius 1 is 0.864 bits per heavy atom. The highest BCUT2D eigenvalue weighted by molar-refractivity contribution is 5.97. The first kappa shape index (κ1) is 21.4. The topological polar surface area (TPSA) is 17.1 Å². The van der Waals surface area contributed by atoms with E-state index in [0.717, 1.165) is 25.7 Å². The number of hydrogen-bond donors (Lipinski definition) is 0. The predicted molar refractivity (Wildman–Crippen MR) is 99.3 cm³/mol. The maximum Gasteiger partial charge on any atom is 0.159 e. The molecule has 1 aliphatic carbocycles. The maximum atomic E-state index is 12.5. The number of allylic oxidation sites excluding steroid dienone is 2. The number of hydrogen-bond acceptors (Lipinski definition) is 1. The van der Waals surface area contributed by atoms with Gasteiger partial charge in [-0.25, -0.2) is 0 Å². The molecule has 0 N–H and O–H groups in total. The van der Waals surface area contributed by atoms with Crippen LogP contribution in [0.1, 0.15) is 112 Å². The molecule has 0 bridgehead atoms. The smallest absolute Gasteiger partial charge is 0.159 e. The molecule has 0 saturated carbocycles. The minimum Gasteiger partial charge on any atom is -0.295 e. The molecule has 130 valence electrons. The van der Waals surface area contributed by atoms with E-state index in [1.54, 1.807) is 0 Å². The largest absolute Gasteiger partial charge is 0.295 e. The fourth-order valence-corrected chi connectivity index (χ4v) is 3.35. The van der Waals surface area contributed by atoms with Crippen molar-refractivity contribution in [2.75, 3.05) is 0 Å². The zero-order chi connectivity index (χ0) is 17.0. The fourth-order valence-electron chi connectivity index (χ4n) is 3.35. The lowest BCUT2D eigenvalue weighted by Crippen LogP contribution is -2.28. The molecule has 0 aromatic carbocycles. The summed E-state index contributed by atoms with van der Waals surface area (Å²) in [4.78, 5) is 12.5. The monoisotopic (exact) mass is 308 g/mol. The van der Waals surface area contributed by atoms with Gasteiger partial charge in [-0.2, -0.15) is 0 Å². The summed E-state index contributed by atoms with van der Waals surface area (Å²) in [6.45, 7) is 13.2. The Balaban J connectivity index is 0.00000135. The Labute approximate surface area is 140 Å². The normalized spacial score (nSPS) is 21.6. The first-order valence-corrected chi connectivity index (χ1v) is 9.71. The quantitative estimate of drug-likeness (QED) is 0.461. The van der Waals surface area contributed by atoms with Gasteiger partial charge in [-0.15, -0.1) is 0 Å². The van der Waals surface area contributed by atoms with Gasteiger partial charge in [0.1, 0.15) is 0 Å². The third-order valence-electron chi connectivity index (χ3n) is 4.46. The summed E-state index contributed by atoms with van der Waals surface area (Å²) in [5.74, 6) is 0.456. The molecule has 1 nitrogen and oxygen atoms in total. The van der Waals surface area contributed by atoms with Crippen molar-refractivity contribution in [3.05, 3.63) is 11.1 Å². The van der Waals surface area contributed by atoms with E-state index in [2.05, 4.69) is 41.5 Å². The van der Waals surface area contributed by atoms with Crippen LogP contribution in [0.2, 0.25) is 0 Å². The molecule has 0 radical (unpaired) electrons. The molecule has 0 aromatic rings.